The van der Waals surface area contributed by atoms with E-state index in [1.807, 2.05) is 18.2 Å². The largest absolute Gasteiger partial charge is 0.416 e. The Labute approximate surface area is 233 Å². The summed E-state index contributed by atoms with van der Waals surface area (Å²) in [6.45, 7) is -0.0174. The number of aromatic nitrogens is 3. The Morgan fingerprint density at radius 2 is 1.63 bits per heavy atom. The SMILES string of the molecule is O=S(=O)(c1ccc(CNCc2ccccn2)cc1)N(Cc1nc2ccccc2[nH]1)Cc1ccc(F)cc1C(F)(F)F. The van der Waals surface area contributed by atoms with Crippen LogP contribution in [0.4, 0.5) is 17.6 Å². The van der Waals surface area contributed by atoms with E-state index in [0.717, 1.165) is 27.7 Å². The number of H-pyrrole nitrogens is 1. The molecule has 2 aromatic heterocycles. The molecule has 0 radical (unpaired) electrons. The third-order valence-electron chi connectivity index (χ3n) is 6.41. The molecule has 212 valence electrons. The topological polar surface area (TPSA) is 91.0 Å². The van der Waals surface area contributed by atoms with Crippen LogP contribution in [0.1, 0.15) is 28.2 Å². The Morgan fingerprint density at radius 1 is 0.878 bits per heavy atom. The number of sulfonamides is 1. The average Bonchev–Trinajstić information content (AvgIpc) is 3.36. The number of halogens is 4. The molecular weight excluding hydrogens is 558 g/mol. The van der Waals surface area contributed by atoms with E-state index in [9.17, 15) is 26.0 Å². The van der Waals surface area contributed by atoms with Crippen molar-refractivity contribution in [2.75, 3.05) is 0 Å². The van der Waals surface area contributed by atoms with E-state index >= 15 is 0 Å². The summed E-state index contributed by atoms with van der Waals surface area (Å²) in [6, 6.07) is 20.9. The van der Waals surface area contributed by atoms with E-state index in [4.69, 9.17) is 0 Å². The number of para-hydroxylation sites is 2. The minimum Gasteiger partial charge on any atom is -0.341 e. The van der Waals surface area contributed by atoms with Gasteiger partial charge in [0.15, 0.2) is 0 Å². The molecule has 0 fully saturated rings. The first-order valence-electron chi connectivity index (χ1n) is 12.6. The van der Waals surface area contributed by atoms with Gasteiger partial charge in [-0.25, -0.2) is 17.8 Å². The predicted molar refractivity (Wildman–Crippen MR) is 145 cm³/mol. The second-order valence-corrected chi connectivity index (χ2v) is 11.3. The van der Waals surface area contributed by atoms with Crippen molar-refractivity contribution in [2.45, 2.75) is 37.3 Å². The van der Waals surface area contributed by atoms with Crippen LogP contribution >= 0.6 is 0 Å². The van der Waals surface area contributed by atoms with Crippen LogP contribution in [0.2, 0.25) is 0 Å². The van der Waals surface area contributed by atoms with Crippen LogP contribution in [0.15, 0.2) is 96.0 Å². The second kappa shape index (κ2) is 11.8. The summed E-state index contributed by atoms with van der Waals surface area (Å²) >= 11 is 0. The highest BCUT2D eigenvalue weighted by Crippen LogP contribution is 2.34. The molecule has 2 N–H and O–H groups in total. The smallest absolute Gasteiger partial charge is 0.341 e. The Bertz CT molecular complexity index is 1710. The summed E-state index contributed by atoms with van der Waals surface area (Å²) in [5, 5.41) is 3.23. The van der Waals surface area contributed by atoms with Crippen molar-refractivity contribution in [1.29, 1.82) is 0 Å². The molecule has 0 saturated heterocycles. The van der Waals surface area contributed by atoms with Crippen LogP contribution in [0, 0.1) is 5.82 Å². The van der Waals surface area contributed by atoms with Crippen molar-refractivity contribution < 1.29 is 26.0 Å². The van der Waals surface area contributed by atoms with E-state index in [1.54, 1.807) is 42.6 Å². The third-order valence-corrected chi connectivity index (χ3v) is 8.22. The Balaban J connectivity index is 1.42. The third kappa shape index (κ3) is 6.79. The maximum atomic E-state index is 13.8. The summed E-state index contributed by atoms with van der Waals surface area (Å²) in [7, 11) is -4.31. The van der Waals surface area contributed by atoms with Gasteiger partial charge in [-0.15, -0.1) is 0 Å². The number of nitrogens with one attached hydrogen (secondary N) is 2. The summed E-state index contributed by atoms with van der Waals surface area (Å²) in [5.74, 6) is -0.819. The van der Waals surface area contributed by atoms with Gasteiger partial charge >= 0.3 is 6.18 Å². The number of nitrogens with zero attached hydrogens (tertiary/aromatic N) is 3. The van der Waals surface area contributed by atoms with E-state index in [1.165, 1.54) is 12.1 Å². The summed E-state index contributed by atoms with van der Waals surface area (Å²) < 4.78 is 83.5. The van der Waals surface area contributed by atoms with Gasteiger partial charge in [0.1, 0.15) is 11.6 Å². The minimum absolute atomic E-state index is 0.0993. The highest BCUT2D eigenvalue weighted by atomic mass is 32.2. The van der Waals surface area contributed by atoms with Gasteiger partial charge in [-0.3, -0.25) is 4.98 Å². The zero-order valence-corrected chi connectivity index (χ0v) is 22.4. The molecule has 12 heteroatoms. The lowest BCUT2D eigenvalue weighted by molar-refractivity contribution is -0.138. The normalized spacial score (nSPS) is 12.3. The molecule has 0 aliphatic carbocycles. The van der Waals surface area contributed by atoms with Gasteiger partial charge in [0.2, 0.25) is 10.0 Å². The fourth-order valence-corrected chi connectivity index (χ4v) is 5.76. The molecule has 7 nitrogen and oxygen atoms in total. The second-order valence-electron chi connectivity index (χ2n) is 9.34. The molecule has 0 bridgehead atoms. The van der Waals surface area contributed by atoms with E-state index in [-0.39, 0.29) is 22.8 Å². The van der Waals surface area contributed by atoms with E-state index < -0.39 is 34.1 Å². The molecule has 0 saturated carbocycles. The van der Waals surface area contributed by atoms with Gasteiger partial charge in [-0.1, -0.05) is 36.4 Å². The highest BCUT2D eigenvalue weighted by Gasteiger charge is 2.36. The van der Waals surface area contributed by atoms with Crippen LogP contribution in [0.5, 0.6) is 0 Å². The van der Waals surface area contributed by atoms with Gasteiger partial charge in [0, 0.05) is 25.8 Å². The molecule has 3 aromatic carbocycles. The molecule has 0 atom stereocenters. The lowest BCUT2D eigenvalue weighted by atomic mass is 10.1. The van der Waals surface area contributed by atoms with Crippen LogP contribution < -0.4 is 5.32 Å². The number of aromatic amines is 1. The number of alkyl halides is 3. The first kappa shape index (κ1) is 28.4. The molecule has 5 rings (SSSR count). The lowest BCUT2D eigenvalue weighted by Crippen LogP contribution is -2.31. The molecule has 0 spiro atoms. The van der Waals surface area contributed by atoms with Crippen LogP contribution in [0.3, 0.4) is 0 Å². The monoisotopic (exact) mass is 583 g/mol. The lowest BCUT2D eigenvalue weighted by Gasteiger charge is -2.23. The molecule has 0 aliphatic heterocycles. The predicted octanol–water partition coefficient (Wildman–Crippen LogP) is 5.80. The van der Waals surface area contributed by atoms with Crippen molar-refractivity contribution in [1.82, 2.24) is 24.6 Å². The molecule has 0 unspecified atom stereocenters. The maximum Gasteiger partial charge on any atom is 0.416 e. The van der Waals surface area contributed by atoms with Crippen LogP contribution in [-0.4, -0.2) is 27.7 Å². The summed E-state index contributed by atoms with van der Waals surface area (Å²) in [6.07, 6.45) is -3.19. The number of imidazole rings is 1. The molecule has 41 heavy (non-hydrogen) atoms. The average molecular weight is 584 g/mol. The van der Waals surface area contributed by atoms with Crippen molar-refractivity contribution in [2.24, 2.45) is 0 Å². The van der Waals surface area contributed by atoms with Crippen molar-refractivity contribution >= 4 is 21.1 Å². The van der Waals surface area contributed by atoms with Crippen molar-refractivity contribution in [3.8, 4) is 0 Å². The molecule has 0 amide bonds. The van der Waals surface area contributed by atoms with Gasteiger partial charge < -0.3 is 10.3 Å². The quantitative estimate of drug-likeness (QED) is 0.203. The minimum atomic E-state index is -4.88. The first-order chi connectivity index (χ1) is 19.6. The van der Waals surface area contributed by atoms with Gasteiger partial charge in [0.05, 0.1) is 33.7 Å². The Hall–Kier alpha value is -4.13. The maximum absolute atomic E-state index is 13.8. The zero-order chi connectivity index (χ0) is 29.0. The Kier molecular flexibility index (Phi) is 8.15. The molecular formula is C29H25F4N5O2S. The fourth-order valence-electron chi connectivity index (χ4n) is 4.38. The van der Waals surface area contributed by atoms with E-state index in [0.29, 0.717) is 30.2 Å². The number of hydrogen-bond donors (Lipinski definition) is 2. The van der Waals surface area contributed by atoms with Crippen molar-refractivity contribution in [3.05, 3.63) is 125 Å². The number of rotatable bonds is 10. The standard InChI is InChI=1S/C29H25F4N5O2S/c30-22-11-10-21(25(15-22)29(31,32)33)18-38(19-28-36-26-6-1-2-7-27(26)37-28)41(39,40)24-12-8-20(9-13-24)16-34-17-23-5-3-4-14-35-23/h1-15,34H,16-19H2,(H,36,37). The molecule has 5 aromatic rings. The van der Waals surface area contributed by atoms with E-state index in [2.05, 4.69) is 20.3 Å². The number of hydrogen-bond acceptors (Lipinski definition) is 5. The molecule has 0 aliphatic rings. The Morgan fingerprint density at radius 3 is 2.34 bits per heavy atom. The van der Waals surface area contributed by atoms with Gasteiger partial charge in [-0.2, -0.15) is 17.5 Å². The highest BCUT2D eigenvalue weighted by molar-refractivity contribution is 7.89. The van der Waals surface area contributed by atoms with Crippen molar-refractivity contribution in [3.63, 3.8) is 0 Å². The summed E-state index contributed by atoms with van der Waals surface area (Å²) in [5.41, 5.74) is 1.28. The van der Waals surface area contributed by atoms with Crippen LogP contribution in [-0.2, 0) is 42.4 Å². The molecule has 2 heterocycles. The number of pyridine rings is 1. The van der Waals surface area contributed by atoms with Gasteiger partial charge in [-0.05, 0) is 59.7 Å². The fraction of sp³-hybridized carbons (Fsp3) is 0.172. The first-order valence-corrected chi connectivity index (χ1v) is 14.0. The number of fused-ring (bicyclic) bond motifs is 1. The number of benzene rings is 3. The summed E-state index contributed by atoms with van der Waals surface area (Å²) in [4.78, 5) is 11.6. The van der Waals surface area contributed by atoms with Gasteiger partial charge in [0.25, 0.3) is 0 Å². The zero-order valence-electron chi connectivity index (χ0n) is 21.6. The van der Waals surface area contributed by atoms with Crippen LogP contribution in [0.25, 0.3) is 11.0 Å².